The van der Waals surface area contributed by atoms with Crippen LogP contribution in [0, 0.1) is 6.92 Å². The lowest BCUT2D eigenvalue weighted by Crippen LogP contribution is -2.01. The maximum absolute atomic E-state index is 5.54. The molecule has 2 rings (SSSR count). The molecule has 15 heavy (non-hydrogen) atoms. The standard InChI is InChI=1S/C12H20N2O/c1-9-12(14-11(8-13)15-9)10-6-4-2-3-5-7-10/h10H,2-8,13H2,1H3. The minimum Gasteiger partial charge on any atom is -0.444 e. The van der Waals surface area contributed by atoms with Crippen LogP contribution in [0.4, 0.5) is 0 Å². The molecule has 0 aliphatic heterocycles. The predicted octanol–water partition coefficient (Wildman–Crippen LogP) is 2.88. The van der Waals surface area contributed by atoms with Crippen molar-refractivity contribution in [3.8, 4) is 0 Å². The summed E-state index contributed by atoms with van der Waals surface area (Å²) in [6.07, 6.45) is 7.92. The Kier molecular flexibility index (Phi) is 3.41. The molecule has 1 aromatic rings. The number of oxazole rings is 1. The smallest absolute Gasteiger partial charge is 0.208 e. The highest BCUT2D eigenvalue weighted by Crippen LogP contribution is 2.32. The van der Waals surface area contributed by atoms with Crippen LogP contribution >= 0.6 is 0 Å². The van der Waals surface area contributed by atoms with E-state index in [0.717, 1.165) is 11.5 Å². The van der Waals surface area contributed by atoms with Crippen molar-refractivity contribution in [2.75, 3.05) is 0 Å². The number of rotatable bonds is 2. The second-order valence-electron chi connectivity index (χ2n) is 4.44. The highest BCUT2D eigenvalue weighted by atomic mass is 16.4. The molecule has 0 atom stereocenters. The van der Waals surface area contributed by atoms with E-state index < -0.39 is 0 Å². The number of aryl methyl sites for hydroxylation is 1. The fourth-order valence-corrected chi connectivity index (χ4v) is 2.48. The fraction of sp³-hybridized carbons (Fsp3) is 0.750. The van der Waals surface area contributed by atoms with Crippen molar-refractivity contribution in [1.82, 2.24) is 4.98 Å². The van der Waals surface area contributed by atoms with Crippen molar-refractivity contribution in [2.45, 2.75) is 57.9 Å². The molecule has 1 aliphatic carbocycles. The highest BCUT2D eigenvalue weighted by molar-refractivity contribution is 5.14. The van der Waals surface area contributed by atoms with E-state index in [0.29, 0.717) is 18.4 Å². The maximum Gasteiger partial charge on any atom is 0.208 e. The Morgan fingerprint density at radius 1 is 1.27 bits per heavy atom. The molecule has 0 aromatic carbocycles. The fourth-order valence-electron chi connectivity index (χ4n) is 2.48. The Labute approximate surface area is 91.1 Å². The summed E-state index contributed by atoms with van der Waals surface area (Å²) in [7, 11) is 0. The lowest BCUT2D eigenvalue weighted by Gasteiger charge is -2.10. The zero-order valence-corrected chi connectivity index (χ0v) is 9.46. The van der Waals surface area contributed by atoms with Crippen molar-refractivity contribution < 1.29 is 4.42 Å². The van der Waals surface area contributed by atoms with Gasteiger partial charge in [-0.05, 0) is 19.8 Å². The summed E-state index contributed by atoms with van der Waals surface area (Å²) in [5.74, 6) is 2.27. The largest absolute Gasteiger partial charge is 0.444 e. The maximum atomic E-state index is 5.54. The number of hydrogen-bond acceptors (Lipinski definition) is 3. The van der Waals surface area contributed by atoms with Crippen LogP contribution in [-0.2, 0) is 6.54 Å². The van der Waals surface area contributed by atoms with Gasteiger partial charge in [0, 0.05) is 5.92 Å². The van der Waals surface area contributed by atoms with Gasteiger partial charge in [0.2, 0.25) is 5.89 Å². The van der Waals surface area contributed by atoms with Gasteiger partial charge >= 0.3 is 0 Å². The van der Waals surface area contributed by atoms with Crippen LogP contribution in [0.1, 0.15) is 61.8 Å². The molecule has 0 saturated heterocycles. The lowest BCUT2D eigenvalue weighted by atomic mass is 9.96. The summed E-state index contributed by atoms with van der Waals surface area (Å²) in [6, 6.07) is 0. The van der Waals surface area contributed by atoms with E-state index in [1.165, 1.54) is 38.5 Å². The van der Waals surface area contributed by atoms with Crippen molar-refractivity contribution in [2.24, 2.45) is 5.73 Å². The Morgan fingerprint density at radius 3 is 2.47 bits per heavy atom. The summed E-state index contributed by atoms with van der Waals surface area (Å²) < 4.78 is 5.52. The summed E-state index contributed by atoms with van der Waals surface area (Å²) in [5, 5.41) is 0. The third-order valence-corrected chi connectivity index (χ3v) is 3.29. The first kappa shape index (κ1) is 10.7. The van der Waals surface area contributed by atoms with Crippen molar-refractivity contribution >= 4 is 0 Å². The molecule has 0 spiro atoms. The van der Waals surface area contributed by atoms with Crippen LogP contribution in [0.25, 0.3) is 0 Å². The Bertz CT molecular complexity index is 311. The molecule has 3 nitrogen and oxygen atoms in total. The molecule has 3 heteroatoms. The van der Waals surface area contributed by atoms with Gasteiger partial charge in [0.25, 0.3) is 0 Å². The normalized spacial score (nSPS) is 19.1. The molecular formula is C12H20N2O. The molecule has 2 N–H and O–H groups in total. The van der Waals surface area contributed by atoms with Crippen LogP contribution in [-0.4, -0.2) is 4.98 Å². The van der Waals surface area contributed by atoms with E-state index in [1.54, 1.807) is 0 Å². The van der Waals surface area contributed by atoms with E-state index >= 15 is 0 Å². The van der Waals surface area contributed by atoms with Gasteiger partial charge in [-0.1, -0.05) is 25.7 Å². The van der Waals surface area contributed by atoms with Gasteiger partial charge in [0.1, 0.15) is 5.76 Å². The lowest BCUT2D eigenvalue weighted by molar-refractivity contribution is 0.469. The molecule has 1 heterocycles. The molecule has 1 aromatic heterocycles. The molecule has 0 unspecified atom stereocenters. The first-order valence-corrected chi connectivity index (χ1v) is 5.97. The van der Waals surface area contributed by atoms with E-state index in [2.05, 4.69) is 4.98 Å². The van der Waals surface area contributed by atoms with Gasteiger partial charge in [0.05, 0.1) is 12.2 Å². The quantitative estimate of drug-likeness (QED) is 0.760. The number of nitrogens with two attached hydrogens (primary N) is 1. The number of hydrogen-bond donors (Lipinski definition) is 1. The first-order chi connectivity index (χ1) is 7.31. The summed E-state index contributed by atoms with van der Waals surface area (Å²) >= 11 is 0. The molecule has 1 fully saturated rings. The van der Waals surface area contributed by atoms with Crippen LogP contribution in [0.2, 0.25) is 0 Å². The van der Waals surface area contributed by atoms with E-state index in [1.807, 2.05) is 6.92 Å². The number of nitrogens with zero attached hydrogens (tertiary/aromatic N) is 1. The minimum atomic E-state index is 0.410. The second kappa shape index (κ2) is 4.79. The van der Waals surface area contributed by atoms with Crippen LogP contribution in [0.15, 0.2) is 4.42 Å². The van der Waals surface area contributed by atoms with Crippen molar-refractivity contribution in [1.29, 1.82) is 0 Å². The first-order valence-electron chi connectivity index (χ1n) is 5.97. The highest BCUT2D eigenvalue weighted by Gasteiger charge is 2.20. The summed E-state index contributed by atoms with van der Waals surface area (Å²) in [4.78, 5) is 4.50. The van der Waals surface area contributed by atoms with Crippen LogP contribution < -0.4 is 5.73 Å². The average Bonchev–Trinajstić information content (AvgIpc) is 2.48. The van der Waals surface area contributed by atoms with E-state index in [-0.39, 0.29) is 0 Å². The van der Waals surface area contributed by atoms with Crippen LogP contribution in [0.3, 0.4) is 0 Å². The van der Waals surface area contributed by atoms with Crippen molar-refractivity contribution in [3.63, 3.8) is 0 Å². The van der Waals surface area contributed by atoms with E-state index in [4.69, 9.17) is 10.2 Å². The monoisotopic (exact) mass is 208 g/mol. The third kappa shape index (κ3) is 2.40. The zero-order valence-electron chi connectivity index (χ0n) is 9.46. The molecule has 1 saturated carbocycles. The molecule has 84 valence electrons. The summed E-state index contributed by atoms with van der Waals surface area (Å²) in [5.41, 5.74) is 6.70. The summed E-state index contributed by atoms with van der Waals surface area (Å²) in [6.45, 7) is 2.42. The van der Waals surface area contributed by atoms with Gasteiger partial charge < -0.3 is 10.2 Å². The average molecular weight is 208 g/mol. The Balaban J connectivity index is 2.15. The second-order valence-corrected chi connectivity index (χ2v) is 4.44. The van der Waals surface area contributed by atoms with Gasteiger partial charge in [-0.3, -0.25) is 0 Å². The van der Waals surface area contributed by atoms with Crippen LogP contribution in [0.5, 0.6) is 0 Å². The topological polar surface area (TPSA) is 52.0 Å². The van der Waals surface area contributed by atoms with Crippen molar-refractivity contribution in [3.05, 3.63) is 17.3 Å². The zero-order chi connectivity index (χ0) is 10.7. The third-order valence-electron chi connectivity index (χ3n) is 3.29. The van der Waals surface area contributed by atoms with Gasteiger partial charge in [-0.2, -0.15) is 0 Å². The van der Waals surface area contributed by atoms with Gasteiger partial charge in [-0.15, -0.1) is 0 Å². The number of aromatic nitrogens is 1. The Hall–Kier alpha value is -0.830. The SMILES string of the molecule is Cc1oc(CN)nc1C1CCCCCC1. The van der Waals surface area contributed by atoms with E-state index in [9.17, 15) is 0 Å². The molecule has 0 bridgehead atoms. The Morgan fingerprint density at radius 2 is 1.93 bits per heavy atom. The predicted molar refractivity (Wildman–Crippen MR) is 59.6 cm³/mol. The molecule has 0 radical (unpaired) electrons. The molecule has 0 amide bonds. The minimum absolute atomic E-state index is 0.410. The molecular weight excluding hydrogens is 188 g/mol. The van der Waals surface area contributed by atoms with Gasteiger partial charge in [-0.25, -0.2) is 4.98 Å². The molecule has 1 aliphatic rings. The van der Waals surface area contributed by atoms with Gasteiger partial charge in [0.15, 0.2) is 0 Å².